The van der Waals surface area contributed by atoms with Crippen LogP contribution in [0.4, 0.5) is 5.82 Å². The van der Waals surface area contributed by atoms with E-state index in [4.69, 9.17) is 19.7 Å². The third kappa shape index (κ3) is 6.89. The first-order valence-electron chi connectivity index (χ1n) is 11.7. The molecule has 4 aromatic rings. The molecule has 0 spiro atoms. The third-order valence-electron chi connectivity index (χ3n) is 5.53. The number of anilines is 1. The predicted octanol–water partition coefficient (Wildman–Crippen LogP) is 4.16. The van der Waals surface area contributed by atoms with Crippen LogP contribution in [0.1, 0.15) is 18.1 Å². The van der Waals surface area contributed by atoms with Gasteiger partial charge in [0, 0.05) is 6.54 Å². The lowest BCUT2D eigenvalue weighted by atomic mass is 10.1. The Morgan fingerprint density at radius 1 is 1.08 bits per heavy atom. The highest BCUT2D eigenvalue weighted by atomic mass is 31.2. The molecule has 190 valence electrons. The number of hydrogen-bond donors (Lipinski definition) is 2. The molecular weight excluding hydrogens is 479 g/mol. The van der Waals surface area contributed by atoms with Gasteiger partial charge < -0.3 is 24.3 Å². The molecule has 2 atom stereocenters. The van der Waals surface area contributed by atoms with Crippen molar-refractivity contribution in [1.82, 2.24) is 24.6 Å². The van der Waals surface area contributed by atoms with Crippen LogP contribution in [0.15, 0.2) is 67.3 Å². The van der Waals surface area contributed by atoms with Crippen molar-refractivity contribution in [2.75, 3.05) is 25.2 Å². The fourth-order valence-electron chi connectivity index (χ4n) is 3.59. The second-order valence-electron chi connectivity index (χ2n) is 8.40. The monoisotopic (exact) mass is 510 g/mol. The van der Waals surface area contributed by atoms with Gasteiger partial charge in [0.05, 0.1) is 32.2 Å². The fourth-order valence-corrected chi connectivity index (χ4v) is 5.14. The molecule has 0 saturated heterocycles. The molecule has 0 aliphatic heterocycles. The van der Waals surface area contributed by atoms with Gasteiger partial charge in [-0.3, -0.25) is 4.57 Å². The summed E-state index contributed by atoms with van der Waals surface area (Å²) >= 11 is 0. The highest BCUT2D eigenvalue weighted by Gasteiger charge is 2.26. The summed E-state index contributed by atoms with van der Waals surface area (Å²) in [6.45, 7) is 5.57. The van der Waals surface area contributed by atoms with E-state index in [9.17, 15) is 4.57 Å². The number of benzene rings is 2. The molecule has 0 radical (unpaired) electrons. The topological polar surface area (TPSA) is 126 Å². The minimum absolute atomic E-state index is 0.120. The Labute approximate surface area is 210 Å². The Bertz CT molecular complexity index is 1320. The Morgan fingerprint density at radius 2 is 1.86 bits per heavy atom. The Balaban J connectivity index is 1.33. The van der Waals surface area contributed by atoms with Crippen molar-refractivity contribution in [2.24, 2.45) is 0 Å². The molecule has 2 heterocycles. The summed E-state index contributed by atoms with van der Waals surface area (Å²) in [5.74, 6) is 0.820. The van der Waals surface area contributed by atoms with Gasteiger partial charge in [0.1, 0.15) is 23.9 Å². The highest BCUT2D eigenvalue weighted by molar-refractivity contribution is 7.57. The molecule has 0 saturated carbocycles. The number of nitrogens with zero attached hydrogens (tertiary/aromatic N) is 4. The lowest BCUT2D eigenvalue weighted by Gasteiger charge is -2.23. The average molecular weight is 511 g/mol. The second kappa shape index (κ2) is 12.1. The van der Waals surface area contributed by atoms with Crippen molar-refractivity contribution in [1.29, 1.82) is 0 Å². The largest absolute Gasteiger partial charge is 0.431 e. The van der Waals surface area contributed by atoms with E-state index in [1.807, 2.05) is 60.9 Å². The number of rotatable bonds is 13. The number of imidazole rings is 1. The number of nitrogens with one attached hydrogen (secondary N) is 1. The van der Waals surface area contributed by atoms with Crippen molar-refractivity contribution in [3.63, 3.8) is 0 Å². The van der Waals surface area contributed by atoms with E-state index in [2.05, 4.69) is 20.0 Å². The summed E-state index contributed by atoms with van der Waals surface area (Å²) in [4.78, 5) is 12.5. The van der Waals surface area contributed by atoms with Gasteiger partial charge in [-0.2, -0.15) is 0 Å². The van der Waals surface area contributed by atoms with Crippen LogP contribution in [0.3, 0.4) is 0 Å². The van der Waals surface area contributed by atoms with Gasteiger partial charge in [-0.15, -0.1) is 0 Å². The van der Waals surface area contributed by atoms with E-state index in [0.29, 0.717) is 49.0 Å². The molecule has 0 fully saturated rings. The number of nitrogen functional groups attached to an aromatic ring is 1. The van der Waals surface area contributed by atoms with Crippen molar-refractivity contribution in [3.05, 3.63) is 78.4 Å². The van der Waals surface area contributed by atoms with Crippen LogP contribution in [-0.4, -0.2) is 45.1 Å². The van der Waals surface area contributed by atoms with E-state index in [-0.39, 0.29) is 12.5 Å². The van der Waals surface area contributed by atoms with Crippen molar-refractivity contribution in [2.45, 2.75) is 33.1 Å². The van der Waals surface area contributed by atoms with E-state index in [1.165, 1.54) is 11.9 Å². The number of aromatic nitrogens is 4. The predicted molar refractivity (Wildman–Crippen MR) is 139 cm³/mol. The van der Waals surface area contributed by atoms with Gasteiger partial charge in [0.25, 0.3) is 0 Å². The van der Waals surface area contributed by atoms with E-state index in [0.717, 1.165) is 5.56 Å². The van der Waals surface area contributed by atoms with Crippen molar-refractivity contribution < 1.29 is 18.6 Å². The summed E-state index contributed by atoms with van der Waals surface area (Å²) in [6.07, 6.45) is 2.61. The fraction of sp³-hybridized carbons (Fsp3) is 0.320. The van der Waals surface area contributed by atoms with Crippen molar-refractivity contribution in [3.8, 4) is 5.75 Å². The highest BCUT2D eigenvalue weighted by Crippen LogP contribution is 2.43. The van der Waals surface area contributed by atoms with Gasteiger partial charge in [-0.1, -0.05) is 42.5 Å². The normalized spacial score (nSPS) is 13.9. The molecule has 0 aliphatic rings. The summed E-state index contributed by atoms with van der Waals surface area (Å²) in [5, 5.41) is 3.02. The van der Waals surface area contributed by atoms with Gasteiger partial charge in [-0.25, -0.2) is 20.0 Å². The Morgan fingerprint density at radius 3 is 2.67 bits per heavy atom. The van der Waals surface area contributed by atoms with Crippen LogP contribution in [-0.2, 0) is 27.2 Å². The molecule has 2 aromatic heterocycles. The number of nitrogens with two attached hydrogens (primary N) is 1. The number of hydrogen-bond acceptors (Lipinski definition) is 8. The van der Waals surface area contributed by atoms with Gasteiger partial charge in [-0.05, 0) is 37.1 Å². The molecule has 3 N–H and O–H groups in total. The SMILES string of the molecule is Cc1ccccc1COCCNP(=O)(COC(C)Cn1cnc2c(N)ncnc21)Oc1ccccc1. The molecule has 0 bridgehead atoms. The summed E-state index contributed by atoms with van der Waals surface area (Å²) in [6, 6.07) is 17.1. The van der Waals surface area contributed by atoms with E-state index < -0.39 is 7.52 Å². The average Bonchev–Trinajstić information content (AvgIpc) is 3.28. The van der Waals surface area contributed by atoms with Gasteiger partial charge in [0.2, 0.25) is 0 Å². The van der Waals surface area contributed by atoms with E-state index in [1.54, 1.807) is 18.5 Å². The zero-order chi connectivity index (χ0) is 25.4. The lowest BCUT2D eigenvalue weighted by Crippen LogP contribution is -2.25. The maximum absolute atomic E-state index is 13.7. The third-order valence-corrected chi connectivity index (χ3v) is 7.23. The summed E-state index contributed by atoms with van der Waals surface area (Å²) in [7, 11) is -3.39. The smallest absolute Gasteiger partial charge is 0.342 e. The second-order valence-corrected chi connectivity index (χ2v) is 10.5. The van der Waals surface area contributed by atoms with Crippen LogP contribution in [0.2, 0.25) is 0 Å². The number of aryl methyl sites for hydroxylation is 1. The number of fused-ring (bicyclic) bond motifs is 1. The van der Waals surface area contributed by atoms with Crippen LogP contribution >= 0.6 is 7.52 Å². The van der Waals surface area contributed by atoms with Gasteiger partial charge in [0.15, 0.2) is 11.5 Å². The molecule has 36 heavy (non-hydrogen) atoms. The van der Waals surface area contributed by atoms with Gasteiger partial charge >= 0.3 is 7.52 Å². The first-order valence-corrected chi connectivity index (χ1v) is 13.5. The number of ether oxygens (including phenoxy) is 2. The van der Waals surface area contributed by atoms with Crippen LogP contribution in [0, 0.1) is 6.92 Å². The Hall–Kier alpha value is -3.30. The quantitative estimate of drug-likeness (QED) is 0.201. The molecular formula is C25H31N6O4P. The summed E-state index contributed by atoms with van der Waals surface area (Å²) < 4.78 is 33.1. The molecule has 4 rings (SSSR count). The Kier molecular flexibility index (Phi) is 8.66. The van der Waals surface area contributed by atoms with Crippen LogP contribution in [0.5, 0.6) is 5.75 Å². The molecule has 0 amide bonds. The molecule has 0 aliphatic carbocycles. The number of para-hydroxylation sites is 1. The minimum atomic E-state index is -3.39. The zero-order valence-corrected chi connectivity index (χ0v) is 21.3. The maximum Gasteiger partial charge on any atom is 0.342 e. The first kappa shape index (κ1) is 25.8. The molecule has 10 nitrogen and oxygen atoms in total. The lowest BCUT2D eigenvalue weighted by molar-refractivity contribution is 0.0815. The van der Waals surface area contributed by atoms with Crippen LogP contribution in [0.25, 0.3) is 11.2 Å². The minimum Gasteiger partial charge on any atom is -0.431 e. The van der Waals surface area contributed by atoms with Crippen molar-refractivity contribution >= 4 is 24.5 Å². The standard InChI is InChI=1S/C25H31N6O4P/c1-19-8-6-7-9-21(19)15-33-13-12-30-36(32,35-22-10-4-3-5-11-22)18-34-20(2)14-31-17-29-23-24(26)27-16-28-25(23)31/h3-11,16-17,20H,12-15,18H2,1-2H3,(H,30,32)(H2,26,27,28). The molecule has 2 aromatic carbocycles. The van der Waals surface area contributed by atoms with Crippen LogP contribution < -0.4 is 15.3 Å². The molecule has 11 heteroatoms. The zero-order valence-electron chi connectivity index (χ0n) is 20.4. The maximum atomic E-state index is 13.7. The first-order chi connectivity index (χ1) is 17.4. The summed E-state index contributed by atoms with van der Waals surface area (Å²) in [5.41, 5.74) is 9.32. The van der Waals surface area contributed by atoms with E-state index >= 15 is 0 Å². The molecule has 2 unspecified atom stereocenters.